The third-order valence-electron chi connectivity index (χ3n) is 6.84. The number of nitrogens with zero attached hydrogens (tertiary/aromatic N) is 2. The SMILES string of the molecule is CC(=O)N1CCc2nc(C(=O)N[C@@H]3CCCC(c4c(C(N)=O)[nH]c5ccc(Cl)cc45)C3)sc2C1. The van der Waals surface area contributed by atoms with Crippen LogP contribution in [0.1, 0.15) is 75.0 Å². The first-order chi connectivity index (χ1) is 16.3. The van der Waals surface area contributed by atoms with Crippen LogP contribution >= 0.6 is 22.9 Å². The van der Waals surface area contributed by atoms with Crippen molar-refractivity contribution in [1.29, 1.82) is 0 Å². The molecule has 1 aliphatic heterocycles. The summed E-state index contributed by atoms with van der Waals surface area (Å²) in [6.45, 7) is 2.71. The Labute approximate surface area is 205 Å². The van der Waals surface area contributed by atoms with E-state index in [4.69, 9.17) is 17.3 Å². The summed E-state index contributed by atoms with van der Waals surface area (Å²) in [6.07, 6.45) is 4.06. The molecule has 0 bridgehead atoms. The summed E-state index contributed by atoms with van der Waals surface area (Å²) in [7, 11) is 0. The van der Waals surface area contributed by atoms with Crippen molar-refractivity contribution in [3.05, 3.63) is 50.1 Å². The minimum atomic E-state index is -0.499. The molecule has 1 fully saturated rings. The van der Waals surface area contributed by atoms with Gasteiger partial charge in [-0.3, -0.25) is 14.4 Å². The third-order valence-corrected chi connectivity index (χ3v) is 8.15. The van der Waals surface area contributed by atoms with Gasteiger partial charge in [-0.1, -0.05) is 18.0 Å². The molecule has 2 aliphatic rings. The Morgan fingerprint density at radius 2 is 2.12 bits per heavy atom. The molecule has 2 aromatic heterocycles. The molecule has 8 nitrogen and oxygen atoms in total. The molecule has 2 atom stereocenters. The summed E-state index contributed by atoms with van der Waals surface area (Å²) in [5.41, 5.74) is 8.73. The number of rotatable bonds is 4. The average Bonchev–Trinajstić information content (AvgIpc) is 3.40. The number of aromatic nitrogens is 2. The van der Waals surface area contributed by atoms with Crippen LogP contribution in [0.3, 0.4) is 0 Å². The predicted octanol–water partition coefficient (Wildman–Crippen LogP) is 3.74. The minimum absolute atomic E-state index is 0.0344. The van der Waals surface area contributed by atoms with Crippen molar-refractivity contribution >= 4 is 51.6 Å². The van der Waals surface area contributed by atoms with E-state index in [2.05, 4.69) is 15.3 Å². The Morgan fingerprint density at radius 1 is 1.29 bits per heavy atom. The Morgan fingerprint density at radius 3 is 2.88 bits per heavy atom. The van der Waals surface area contributed by atoms with Crippen LogP contribution in [0, 0.1) is 0 Å². The lowest BCUT2D eigenvalue weighted by atomic mass is 9.80. The van der Waals surface area contributed by atoms with Crippen LogP contribution in [0.4, 0.5) is 0 Å². The molecular formula is C24H26ClN5O3S. The summed E-state index contributed by atoms with van der Waals surface area (Å²) < 4.78 is 0. The van der Waals surface area contributed by atoms with Gasteiger partial charge < -0.3 is 20.9 Å². The monoisotopic (exact) mass is 499 g/mol. The Bertz CT molecular complexity index is 1300. The normalized spacial score (nSPS) is 20.2. The number of primary amides is 1. The molecule has 34 heavy (non-hydrogen) atoms. The molecule has 0 spiro atoms. The van der Waals surface area contributed by atoms with E-state index in [1.54, 1.807) is 17.9 Å². The number of hydrogen-bond acceptors (Lipinski definition) is 5. The average molecular weight is 500 g/mol. The summed E-state index contributed by atoms with van der Waals surface area (Å²) in [4.78, 5) is 47.4. The fraction of sp³-hybridized carbons (Fsp3) is 0.417. The van der Waals surface area contributed by atoms with Crippen LogP contribution in [0.25, 0.3) is 10.9 Å². The number of fused-ring (bicyclic) bond motifs is 2. The number of H-pyrrole nitrogens is 1. The van der Waals surface area contributed by atoms with E-state index >= 15 is 0 Å². The first-order valence-corrected chi connectivity index (χ1v) is 12.7. The number of amides is 3. The van der Waals surface area contributed by atoms with Crippen molar-refractivity contribution in [2.45, 2.75) is 57.5 Å². The lowest BCUT2D eigenvalue weighted by molar-refractivity contribution is -0.129. The van der Waals surface area contributed by atoms with Gasteiger partial charge in [0.2, 0.25) is 5.91 Å². The van der Waals surface area contributed by atoms with Crippen molar-refractivity contribution in [3.8, 4) is 0 Å². The van der Waals surface area contributed by atoms with Crippen LogP contribution in [-0.2, 0) is 17.8 Å². The highest BCUT2D eigenvalue weighted by atomic mass is 35.5. The molecule has 4 N–H and O–H groups in total. The van der Waals surface area contributed by atoms with Gasteiger partial charge in [-0.15, -0.1) is 11.3 Å². The number of carbonyl (C=O) groups excluding carboxylic acids is 3. The first kappa shape index (κ1) is 22.9. The molecule has 1 aliphatic carbocycles. The number of halogens is 1. The number of carbonyl (C=O) groups is 3. The smallest absolute Gasteiger partial charge is 0.280 e. The fourth-order valence-electron chi connectivity index (χ4n) is 5.19. The molecule has 3 heterocycles. The number of hydrogen-bond donors (Lipinski definition) is 3. The first-order valence-electron chi connectivity index (χ1n) is 11.5. The molecule has 178 valence electrons. The lowest BCUT2D eigenvalue weighted by Crippen LogP contribution is -2.38. The summed E-state index contributed by atoms with van der Waals surface area (Å²) in [6, 6.07) is 5.46. The standard InChI is InChI=1S/C24H26ClN5O3S/c1-12(31)30-8-7-18-19(11-30)34-24(29-18)23(33)27-15-4-2-3-13(9-15)20-16-10-14(25)5-6-17(16)28-21(20)22(26)32/h5-6,10,13,15,28H,2-4,7-9,11H2,1H3,(H2,26,32)(H,27,33)/t13?,15-/m1/s1. The lowest BCUT2D eigenvalue weighted by Gasteiger charge is -2.30. The maximum Gasteiger partial charge on any atom is 0.280 e. The van der Waals surface area contributed by atoms with Crippen molar-refractivity contribution in [3.63, 3.8) is 0 Å². The second kappa shape index (κ2) is 9.03. The molecule has 1 aromatic carbocycles. The van der Waals surface area contributed by atoms with E-state index in [1.165, 1.54) is 11.3 Å². The van der Waals surface area contributed by atoms with Crippen molar-refractivity contribution in [2.24, 2.45) is 5.73 Å². The van der Waals surface area contributed by atoms with Gasteiger partial charge in [-0.25, -0.2) is 4.98 Å². The van der Waals surface area contributed by atoms with Gasteiger partial charge in [-0.05, 0) is 48.9 Å². The molecule has 3 aromatic rings. The predicted molar refractivity (Wildman–Crippen MR) is 131 cm³/mol. The van der Waals surface area contributed by atoms with Gasteiger partial charge in [0.05, 0.1) is 12.2 Å². The van der Waals surface area contributed by atoms with Gasteiger partial charge in [0.15, 0.2) is 5.01 Å². The van der Waals surface area contributed by atoms with Crippen molar-refractivity contribution < 1.29 is 14.4 Å². The minimum Gasteiger partial charge on any atom is -0.364 e. The van der Waals surface area contributed by atoms with Gasteiger partial charge >= 0.3 is 0 Å². The van der Waals surface area contributed by atoms with Gasteiger partial charge in [0.25, 0.3) is 11.8 Å². The van der Waals surface area contributed by atoms with E-state index < -0.39 is 5.91 Å². The number of nitrogens with two attached hydrogens (primary N) is 1. The summed E-state index contributed by atoms with van der Waals surface area (Å²) in [5, 5.41) is 5.09. The van der Waals surface area contributed by atoms with Crippen molar-refractivity contribution in [1.82, 2.24) is 20.2 Å². The van der Waals surface area contributed by atoms with Crippen LogP contribution < -0.4 is 11.1 Å². The summed E-state index contributed by atoms with van der Waals surface area (Å²) >= 11 is 7.60. The van der Waals surface area contributed by atoms with E-state index in [0.29, 0.717) is 41.7 Å². The van der Waals surface area contributed by atoms with Gasteiger partial charge in [0.1, 0.15) is 5.69 Å². The maximum absolute atomic E-state index is 13.0. The van der Waals surface area contributed by atoms with Crippen molar-refractivity contribution in [2.75, 3.05) is 6.54 Å². The quantitative estimate of drug-likeness (QED) is 0.506. The molecule has 3 amide bonds. The zero-order chi connectivity index (χ0) is 24.0. The Kier molecular flexibility index (Phi) is 6.07. The van der Waals surface area contributed by atoms with Gasteiger partial charge in [-0.2, -0.15) is 0 Å². The molecule has 10 heteroatoms. The van der Waals surface area contributed by atoms with Crippen LogP contribution in [-0.4, -0.2) is 45.2 Å². The van der Waals surface area contributed by atoms with E-state index in [0.717, 1.165) is 46.3 Å². The largest absolute Gasteiger partial charge is 0.364 e. The highest BCUT2D eigenvalue weighted by Crippen LogP contribution is 2.39. The number of aromatic amines is 1. The highest BCUT2D eigenvalue weighted by molar-refractivity contribution is 7.13. The molecule has 0 saturated heterocycles. The Hall–Kier alpha value is -2.91. The fourth-order valence-corrected chi connectivity index (χ4v) is 6.39. The van der Waals surface area contributed by atoms with Gasteiger partial charge in [0, 0.05) is 46.7 Å². The number of nitrogens with one attached hydrogen (secondary N) is 2. The zero-order valence-corrected chi connectivity index (χ0v) is 20.4. The van der Waals surface area contributed by atoms with Crippen LogP contribution in [0.2, 0.25) is 5.02 Å². The topological polar surface area (TPSA) is 121 Å². The van der Waals surface area contributed by atoms with E-state index in [9.17, 15) is 14.4 Å². The highest BCUT2D eigenvalue weighted by Gasteiger charge is 2.31. The second-order valence-electron chi connectivity index (χ2n) is 9.08. The van der Waals surface area contributed by atoms with Crippen LogP contribution in [0.15, 0.2) is 18.2 Å². The second-order valence-corrected chi connectivity index (χ2v) is 10.6. The number of thiazole rings is 1. The molecule has 0 radical (unpaired) electrons. The third kappa shape index (κ3) is 4.30. The number of benzene rings is 1. The zero-order valence-electron chi connectivity index (χ0n) is 18.8. The Balaban J connectivity index is 1.34. The van der Waals surface area contributed by atoms with E-state index in [-0.39, 0.29) is 23.8 Å². The maximum atomic E-state index is 13.0. The molecule has 1 saturated carbocycles. The van der Waals surface area contributed by atoms with Crippen LogP contribution in [0.5, 0.6) is 0 Å². The molecule has 1 unspecified atom stereocenters. The van der Waals surface area contributed by atoms with E-state index in [1.807, 2.05) is 12.1 Å². The summed E-state index contributed by atoms with van der Waals surface area (Å²) in [5.74, 6) is -0.576. The molecule has 5 rings (SSSR count). The molecular weight excluding hydrogens is 474 g/mol.